The van der Waals surface area contributed by atoms with Crippen molar-refractivity contribution in [3.63, 3.8) is 0 Å². The topological polar surface area (TPSA) is 18.5 Å². The van der Waals surface area contributed by atoms with E-state index in [9.17, 15) is 0 Å². The molecule has 2 nitrogen and oxygen atoms in total. The molecule has 0 spiro atoms. The van der Waals surface area contributed by atoms with Gasteiger partial charge in [-0.25, -0.2) is 0 Å². The first-order valence-electron chi connectivity index (χ1n) is 4.70. The van der Waals surface area contributed by atoms with Crippen LogP contribution in [0.4, 0.5) is 0 Å². The highest BCUT2D eigenvalue weighted by Crippen LogP contribution is 2.35. The monoisotopic (exact) mass is 172 g/mol. The van der Waals surface area contributed by atoms with Crippen molar-refractivity contribution in [2.75, 3.05) is 7.11 Å². The standard InChI is InChI=1S/C10H20O2/c1-7-6-10(4,11-5)8(2)9(3)12-7/h7-9H,6H2,1-5H3/t7?,8-,9?,10?/m0/s1. The second-order valence-electron chi connectivity index (χ2n) is 4.16. The summed E-state index contributed by atoms with van der Waals surface area (Å²) in [6.45, 7) is 8.60. The predicted octanol–water partition coefficient (Wildman–Crippen LogP) is 2.22. The molecule has 1 aliphatic rings. The highest BCUT2D eigenvalue weighted by atomic mass is 16.5. The molecule has 1 fully saturated rings. The van der Waals surface area contributed by atoms with E-state index in [1.807, 2.05) is 0 Å². The van der Waals surface area contributed by atoms with Crippen LogP contribution in [0.3, 0.4) is 0 Å². The third-order valence-electron chi connectivity index (χ3n) is 3.27. The Kier molecular flexibility index (Phi) is 2.79. The summed E-state index contributed by atoms with van der Waals surface area (Å²) in [6, 6.07) is 0. The summed E-state index contributed by atoms with van der Waals surface area (Å²) in [6.07, 6.45) is 1.62. The molecule has 0 aromatic rings. The minimum atomic E-state index is -0.00289. The molecule has 4 atom stereocenters. The summed E-state index contributed by atoms with van der Waals surface area (Å²) in [5.74, 6) is 0.471. The fourth-order valence-electron chi connectivity index (χ4n) is 2.05. The Labute approximate surface area is 75.2 Å². The molecular formula is C10H20O2. The van der Waals surface area contributed by atoms with Crippen LogP contribution in [0.2, 0.25) is 0 Å². The highest BCUT2D eigenvalue weighted by Gasteiger charge is 2.41. The normalized spacial score (nSPS) is 49.2. The summed E-state index contributed by atoms with van der Waals surface area (Å²) in [5, 5.41) is 0. The Balaban J connectivity index is 2.72. The summed E-state index contributed by atoms with van der Waals surface area (Å²) in [4.78, 5) is 0. The number of methoxy groups -OCH3 is 1. The van der Waals surface area contributed by atoms with Crippen molar-refractivity contribution in [3.05, 3.63) is 0 Å². The maximum atomic E-state index is 5.72. The molecule has 0 radical (unpaired) electrons. The van der Waals surface area contributed by atoms with Crippen LogP contribution >= 0.6 is 0 Å². The molecule has 1 heterocycles. The second-order valence-corrected chi connectivity index (χ2v) is 4.16. The summed E-state index contributed by atoms with van der Waals surface area (Å²) >= 11 is 0. The van der Waals surface area contributed by atoms with Crippen LogP contribution in [0.1, 0.15) is 34.1 Å². The van der Waals surface area contributed by atoms with Crippen LogP contribution in [0.25, 0.3) is 0 Å². The second kappa shape index (κ2) is 3.35. The van der Waals surface area contributed by atoms with Crippen molar-refractivity contribution in [2.24, 2.45) is 5.92 Å². The van der Waals surface area contributed by atoms with Crippen molar-refractivity contribution >= 4 is 0 Å². The first-order valence-corrected chi connectivity index (χ1v) is 4.70. The van der Waals surface area contributed by atoms with E-state index in [0.29, 0.717) is 18.1 Å². The van der Waals surface area contributed by atoms with Gasteiger partial charge in [0.1, 0.15) is 0 Å². The molecule has 0 aromatic heterocycles. The molecule has 1 rings (SSSR count). The third kappa shape index (κ3) is 1.64. The zero-order chi connectivity index (χ0) is 9.35. The minimum absolute atomic E-state index is 0.00289. The highest BCUT2D eigenvalue weighted by molar-refractivity contribution is 4.90. The molecule has 0 aromatic carbocycles. The lowest BCUT2D eigenvalue weighted by molar-refractivity contribution is -0.175. The summed E-state index contributed by atoms with van der Waals surface area (Å²) in [5.41, 5.74) is -0.00289. The molecule has 72 valence electrons. The van der Waals surface area contributed by atoms with E-state index >= 15 is 0 Å². The van der Waals surface area contributed by atoms with E-state index in [0.717, 1.165) is 6.42 Å². The van der Waals surface area contributed by atoms with Gasteiger partial charge in [0, 0.05) is 19.4 Å². The van der Waals surface area contributed by atoms with Gasteiger partial charge in [-0.3, -0.25) is 0 Å². The minimum Gasteiger partial charge on any atom is -0.378 e. The van der Waals surface area contributed by atoms with Crippen LogP contribution < -0.4 is 0 Å². The lowest BCUT2D eigenvalue weighted by Crippen LogP contribution is -2.49. The van der Waals surface area contributed by atoms with Gasteiger partial charge in [-0.15, -0.1) is 0 Å². The lowest BCUT2D eigenvalue weighted by Gasteiger charge is -2.44. The molecule has 0 N–H and O–H groups in total. The molecular weight excluding hydrogens is 152 g/mol. The number of hydrogen-bond donors (Lipinski definition) is 0. The third-order valence-corrected chi connectivity index (χ3v) is 3.27. The first kappa shape index (κ1) is 10.0. The SMILES string of the molecule is COC1(C)CC(C)OC(C)[C@@H]1C. The zero-order valence-corrected chi connectivity index (χ0v) is 8.76. The fourth-order valence-corrected chi connectivity index (χ4v) is 2.05. The quantitative estimate of drug-likeness (QED) is 0.604. The van der Waals surface area contributed by atoms with Gasteiger partial charge in [0.25, 0.3) is 0 Å². The van der Waals surface area contributed by atoms with Gasteiger partial charge in [-0.05, 0) is 20.8 Å². The van der Waals surface area contributed by atoms with Crippen molar-refractivity contribution in [2.45, 2.75) is 51.9 Å². The van der Waals surface area contributed by atoms with Crippen molar-refractivity contribution in [3.8, 4) is 0 Å². The van der Waals surface area contributed by atoms with Crippen LogP contribution in [0.15, 0.2) is 0 Å². The van der Waals surface area contributed by atoms with E-state index in [1.165, 1.54) is 0 Å². The van der Waals surface area contributed by atoms with Gasteiger partial charge >= 0.3 is 0 Å². The number of rotatable bonds is 1. The molecule has 0 bridgehead atoms. The smallest absolute Gasteiger partial charge is 0.0725 e. The Hall–Kier alpha value is -0.0800. The molecule has 1 aliphatic heterocycles. The summed E-state index contributed by atoms with van der Waals surface area (Å²) < 4.78 is 11.3. The predicted molar refractivity (Wildman–Crippen MR) is 49.2 cm³/mol. The molecule has 1 saturated heterocycles. The Morgan fingerprint density at radius 3 is 2.42 bits per heavy atom. The molecule has 0 saturated carbocycles. The van der Waals surface area contributed by atoms with Crippen molar-refractivity contribution in [1.29, 1.82) is 0 Å². The van der Waals surface area contributed by atoms with Crippen LogP contribution in [0.5, 0.6) is 0 Å². The maximum Gasteiger partial charge on any atom is 0.0725 e. The lowest BCUT2D eigenvalue weighted by atomic mass is 9.80. The summed E-state index contributed by atoms with van der Waals surface area (Å²) in [7, 11) is 1.79. The van der Waals surface area contributed by atoms with E-state index in [2.05, 4.69) is 27.7 Å². The molecule has 12 heavy (non-hydrogen) atoms. The van der Waals surface area contributed by atoms with Gasteiger partial charge in [-0.1, -0.05) is 6.92 Å². The Morgan fingerprint density at radius 2 is 1.92 bits per heavy atom. The van der Waals surface area contributed by atoms with Gasteiger partial charge in [0.05, 0.1) is 17.8 Å². The molecule has 0 aliphatic carbocycles. The molecule has 3 unspecified atom stereocenters. The van der Waals surface area contributed by atoms with E-state index < -0.39 is 0 Å². The first-order chi connectivity index (χ1) is 5.49. The molecule has 0 amide bonds. The van der Waals surface area contributed by atoms with Crippen LogP contribution in [-0.2, 0) is 9.47 Å². The Bertz CT molecular complexity index is 158. The largest absolute Gasteiger partial charge is 0.378 e. The average molecular weight is 172 g/mol. The van der Waals surface area contributed by atoms with Crippen LogP contribution in [-0.4, -0.2) is 24.9 Å². The molecule has 2 heteroatoms. The van der Waals surface area contributed by atoms with Crippen LogP contribution in [0, 0.1) is 5.92 Å². The van der Waals surface area contributed by atoms with Crippen molar-refractivity contribution in [1.82, 2.24) is 0 Å². The van der Waals surface area contributed by atoms with E-state index in [-0.39, 0.29) is 5.60 Å². The zero-order valence-electron chi connectivity index (χ0n) is 8.76. The average Bonchev–Trinajstić information content (AvgIpc) is 2.00. The fraction of sp³-hybridized carbons (Fsp3) is 1.00. The maximum absolute atomic E-state index is 5.72. The van der Waals surface area contributed by atoms with Gasteiger partial charge in [-0.2, -0.15) is 0 Å². The number of hydrogen-bond acceptors (Lipinski definition) is 2. The van der Waals surface area contributed by atoms with Gasteiger partial charge in [0.15, 0.2) is 0 Å². The van der Waals surface area contributed by atoms with E-state index in [4.69, 9.17) is 9.47 Å². The van der Waals surface area contributed by atoms with E-state index in [1.54, 1.807) is 7.11 Å². The van der Waals surface area contributed by atoms with Gasteiger partial charge in [0.2, 0.25) is 0 Å². The van der Waals surface area contributed by atoms with Crippen molar-refractivity contribution < 1.29 is 9.47 Å². The Morgan fingerprint density at radius 1 is 1.33 bits per heavy atom. The van der Waals surface area contributed by atoms with Gasteiger partial charge < -0.3 is 9.47 Å². The number of ether oxygens (including phenoxy) is 2.